The van der Waals surface area contributed by atoms with Gasteiger partial charge in [-0.05, 0) is 12.0 Å². The highest BCUT2D eigenvalue weighted by molar-refractivity contribution is 7.90. The number of hydrogen-bond acceptors (Lipinski definition) is 8. The van der Waals surface area contributed by atoms with Gasteiger partial charge in [0.1, 0.15) is 0 Å². The van der Waals surface area contributed by atoms with Crippen LogP contribution in [0, 0.1) is 5.92 Å². The highest BCUT2D eigenvalue weighted by atomic mass is 32.2. The highest BCUT2D eigenvalue weighted by Gasteiger charge is 2.26. The number of benzene rings is 1. The van der Waals surface area contributed by atoms with Crippen molar-refractivity contribution in [1.29, 1.82) is 0 Å². The van der Waals surface area contributed by atoms with E-state index in [9.17, 15) is 18.3 Å². The van der Waals surface area contributed by atoms with Crippen molar-refractivity contribution in [2.45, 2.75) is 24.8 Å². The molecular weight excluding hydrogens is 388 g/mol. The number of anilines is 1. The second-order valence-corrected chi connectivity index (χ2v) is 7.71. The number of hydrogen-bond donors (Lipinski definition) is 3. The summed E-state index contributed by atoms with van der Waals surface area (Å²) in [4.78, 5) is 19.8. The molecule has 0 fully saturated rings. The second kappa shape index (κ2) is 8.85. The molecule has 3 N–H and O–H groups in total. The molecule has 0 aliphatic rings. The zero-order valence-corrected chi connectivity index (χ0v) is 16.6. The molecule has 0 radical (unpaired) electrons. The van der Waals surface area contributed by atoms with E-state index in [1.54, 1.807) is 19.9 Å². The number of ether oxygens (including phenoxy) is 2. The van der Waals surface area contributed by atoms with E-state index in [2.05, 4.69) is 15.3 Å². The monoisotopic (exact) mass is 410 g/mol. The molecule has 2 amide bonds. The van der Waals surface area contributed by atoms with Gasteiger partial charge < -0.3 is 14.6 Å². The molecule has 1 aromatic heterocycles. The Hall–Kier alpha value is -2.92. The Kier molecular flexibility index (Phi) is 6.75. The average Bonchev–Trinajstić information content (AvgIpc) is 2.66. The number of urea groups is 1. The summed E-state index contributed by atoms with van der Waals surface area (Å²) >= 11 is 0. The van der Waals surface area contributed by atoms with Crippen LogP contribution < -0.4 is 19.5 Å². The second-order valence-electron chi connectivity index (χ2n) is 6.06. The molecule has 0 spiro atoms. The number of sulfonamides is 1. The lowest BCUT2D eigenvalue weighted by Gasteiger charge is -2.18. The predicted octanol–water partition coefficient (Wildman–Crippen LogP) is 1.69. The van der Waals surface area contributed by atoms with Gasteiger partial charge in [0.25, 0.3) is 10.0 Å². The molecule has 10 nitrogen and oxygen atoms in total. The maximum absolute atomic E-state index is 12.7. The lowest BCUT2D eigenvalue weighted by atomic mass is 9.99. The number of carbonyl (C=O) groups excluding carboxylic acids is 1. The van der Waals surface area contributed by atoms with Crippen LogP contribution in [-0.2, 0) is 10.0 Å². The minimum Gasteiger partial charge on any atom is -0.481 e. The van der Waals surface area contributed by atoms with Gasteiger partial charge in [-0.15, -0.1) is 0 Å². The number of amides is 2. The summed E-state index contributed by atoms with van der Waals surface area (Å²) < 4.78 is 37.1. The molecule has 1 heterocycles. The van der Waals surface area contributed by atoms with E-state index in [1.165, 1.54) is 38.5 Å². The van der Waals surface area contributed by atoms with Crippen LogP contribution >= 0.6 is 0 Å². The fourth-order valence-electron chi connectivity index (χ4n) is 2.30. The van der Waals surface area contributed by atoms with E-state index in [1.807, 2.05) is 4.72 Å². The van der Waals surface area contributed by atoms with Crippen LogP contribution in [0.2, 0.25) is 0 Å². The third kappa shape index (κ3) is 5.08. The first-order valence-electron chi connectivity index (χ1n) is 8.25. The molecule has 0 bridgehead atoms. The van der Waals surface area contributed by atoms with Crippen molar-refractivity contribution in [2.24, 2.45) is 5.92 Å². The molecule has 0 saturated heterocycles. The number of aromatic nitrogens is 2. The summed E-state index contributed by atoms with van der Waals surface area (Å²) in [5, 5.41) is 12.5. The number of aliphatic hydroxyl groups excluding tert-OH is 1. The number of methoxy groups -OCH3 is 2. The van der Waals surface area contributed by atoms with Gasteiger partial charge in [-0.1, -0.05) is 32.0 Å². The molecule has 2 aromatic rings. The summed E-state index contributed by atoms with van der Waals surface area (Å²) in [6.45, 7) is 3.50. The van der Waals surface area contributed by atoms with Crippen LogP contribution in [0.15, 0.2) is 35.2 Å². The number of aliphatic hydroxyl groups is 1. The molecule has 152 valence electrons. The summed E-state index contributed by atoms with van der Waals surface area (Å²) in [6, 6.07) is 6.22. The molecule has 11 heteroatoms. The Bertz CT molecular complexity index is 926. The van der Waals surface area contributed by atoms with Crippen molar-refractivity contribution in [3.8, 4) is 11.8 Å². The maximum Gasteiger partial charge on any atom is 0.335 e. The maximum atomic E-state index is 12.7. The largest absolute Gasteiger partial charge is 0.481 e. The molecular formula is C17H22N4O6S. The fraction of sp³-hybridized carbons (Fsp3) is 0.353. The Morgan fingerprint density at radius 1 is 1.11 bits per heavy atom. The topological polar surface area (TPSA) is 140 Å². The minimum atomic E-state index is -4.26. The normalized spacial score (nSPS) is 12.4. The van der Waals surface area contributed by atoms with Crippen LogP contribution in [0.3, 0.4) is 0 Å². The smallest absolute Gasteiger partial charge is 0.335 e. The van der Waals surface area contributed by atoms with Crippen LogP contribution in [0.5, 0.6) is 11.8 Å². The molecule has 1 unspecified atom stereocenters. The third-order valence-corrected chi connectivity index (χ3v) is 5.11. The SMILES string of the molecule is COc1cc(OC)nc(NC(=O)NS(=O)(=O)c2ccccc2C(O)C(C)C)n1. The highest BCUT2D eigenvalue weighted by Crippen LogP contribution is 2.27. The van der Waals surface area contributed by atoms with Crippen LogP contribution in [-0.4, -0.2) is 43.7 Å². The summed E-state index contributed by atoms with van der Waals surface area (Å²) in [5.74, 6) is -0.187. The van der Waals surface area contributed by atoms with Gasteiger partial charge >= 0.3 is 6.03 Å². The molecule has 1 aromatic carbocycles. The van der Waals surface area contributed by atoms with Gasteiger partial charge in [-0.3, -0.25) is 5.32 Å². The summed E-state index contributed by atoms with van der Waals surface area (Å²) in [7, 11) is -1.52. The van der Waals surface area contributed by atoms with E-state index >= 15 is 0 Å². The zero-order valence-electron chi connectivity index (χ0n) is 15.8. The van der Waals surface area contributed by atoms with Crippen molar-refractivity contribution in [2.75, 3.05) is 19.5 Å². The Morgan fingerprint density at radius 3 is 2.21 bits per heavy atom. The van der Waals surface area contributed by atoms with E-state index < -0.39 is 22.2 Å². The number of nitrogens with one attached hydrogen (secondary N) is 2. The Morgan fingerprint density at radius 2 is 1.68 bits per heavy atom. The van der Waals surface area contributed by atoms with Crippen LogP contribution in [0.4, 0.5) is 10.7 Å². The first-order chi connectivity index (χ1) is 13.2. The zero-order chi connectivity index (χ0) is 20.9. The fourth-order valence-corrected chi connectivity index (χ4v) is 3.46. The van der Waals surface area contributed by atoms with E-state index in [-0.39, 0.29) is 34.1 Å². The standard InChI is InChI=1S/C17H22N4O6S/c1-10(2)15(22)11-7-5-6-8-12(11)28(24,25)21-17(23)20-16-18-13(26-3)9-14(19-16)27-4/h5-10,15,22H,1-4H3,(H2,18,19,20,21,23). The lowest BCUT2D eigenvalue weighted by molar-refractivity contribution is 0.124. The first kappa shape index (κ1) is 21.4. The van der Waals surface area contributed by atoms with Gasteiger partial charge in [0.2, 0.25) is 17.7 Å². The van der Waals surface area contributed by atoms with Crippen molar-refractivity contribution in [3.05, 3.63) is 35.9 Å². The van der Waals surface area contributed by atoms with E-state index in [0.29, 0.717) is 0 Å². The van der Waals surface area contributed by atoms with Gasteiger partial charge in [0.15, 0.2) is 0 Å². The molecule has 0 aliphatic carbocycles. The number of carbonyl (C=O) groups is 1. The van der Waals surface area contributed by atoms with Crippen molar-refractivity contribution in [1.82, 2.24) is 14.7 Å². The van der Waals surface area contributed by atoms with Crippen LogP contribution in [0.1, 0.15) is 25.5 Å². The average molecular weight is 410 g/mol. The predicted molar refractivity (Wildman–Crippen MR) is 101 cm³/mol. The third-order valence-electron chi connectivity index (χ3n) is 3.71. The minimum absolute atomic E-state index is 0.121. The Balaban J connectivity index is 2.25. The van der Waals surface area contributed by atoms with Gasteiger partial charge in [-0.25, -0.2) is 17.9 Å². The Labute approximate surface area is 163 Å². The van der Waals surface area contributed by atoms with Crippen molar-refractivity contribution >= 4 is 22.0 Å². The number of rotatable bonds is 7. The summed E-state index contributed by atoms with van der Waals surface area (Å²) in [5.41, 5.74) is 0.192. The van der Waals surface area contributed by atoms with Gasteiger partial charge in [-0.2, -0.15) is 9.97 Å². The lowest BCUT2D eigenvalue weighted by Crippen LogP contribution is -2.35. The van der Waals surface area contributed by atoms with Gasteiger partial charge in [0.05, 0.1) is 31.3 Å². The number of nitrogens with zero attached hydrogens (tertiary/aromatic N) is 2. The first-order valence-corrected chi connectivity index (χ1v) is 9.74. The van der Waals surface area contributed by atoms with E-state index in [0.717, 1.165) is 0 Å². The van der Waals surface area contributed by atoms with E-state index in [4.69, 9.17) is 9.47 Å². The molecule has 28 heavy (non-hydrogen) atoms. The molecule has 0 saturated carbocycles. The molecule has 1 atom stereocenters. The van der Waals surface area contributed by atoms with Gasteiger partial charge in [0, 0.05) is 5.56 Å². The van der Waals surface area contributed by atoms with Crippen molar-refractivity contribution in [3.63, 3.8) is 0 Å². The molecule has 2 rings (SSSR count). The summed E-state index contributed by atoms with van der Waals surface area (Å²) in [6.07, 6.45) is -1.01. The quantitative estimate of drug-likeness (QED) is 0.626. The van der Waals surface area contributed by atoms with Crippen molar-refractivity contribution < 1.29 is 27.8 Å². The molecule has 0 aliphatic heterocycles. The van der Waals surface area contributed by atoms with Crippen LogP contribution in [0.25, 0.3) is 0 Å².